The van der Waals surface area contributed by atoms with Gasteiger partial charge in [-0.3, -0.25) is 14.4 Å². The molecule has 1 saturated carbocycles. The molecule has 6 nitrogen and oxygen atoms in total. The minimum absolute atomic E-state index is 0.000114. The highest BCUT2D eigenvalue weighted by molar-refractivity contribution is 5.90. The maximum Gasteiger partial charge on any atom is 0.307 e. The molecule has 0 heterocycles. The molecular formula is C14H24N2O4. The average Bonchev–Trinajstić information content (AvgIpc) is 2.70. The molecule has 0 aromatic carbocycles. The molecule has 1 rings (SSSR count). The van der Waals surface area contributed by atoms with Crippen molar-refractivity contribution in [3.05, 3.63) is 0 Å². The van der Waals surface area contributed by atoms with Crippen LogP contribution in [0.3, 0.4) is 0 Å². The van der Waals surface area contributed by atoms with Gasteiger partial charge in [0.1, 0.15) is 6.04 Å². The summed E-state index contributed by atoms with van der Waals surface area (Å²) < 4.78 is 0. The summed E-state index contributed by atoms with van der Waals surface area (Å²) in [4.78, 5) is 35.1. The Balaban J connectivity index is 2.61. The molecule has 20 heavy (non-hydrogen) atoms. The minimum Gasteiger partial charge on any atom is -0.481 e. The lowest BCUT2D eigenvalue weighted by Crippen LogP contribution is -2.49. The number of carboxylic acid groups (broad SMARTS) is 1. The summed E-state index contributed by atoms with van der Waals surface area (Å²) in [5.74, 6) is -2.51. The number of rotatable bonds is 5. The van der Waals surface area contributed by atoms with Crippen LogP contribution in [0, 0.1) is 17.8 Å². The monoisotopic (exact) mass is 284 g/mol. The summed E-state index contributed by atoms with van der Waals surface area (Å²) in [6, 6.07) is -0.657. The van der Waals surface area contributed by atoms with Crippen molar-refractivity contribution in [3.63, 3.8) is 0 Å². The third-order valence-corrected chi connectivity index (χ3v) is 3.64. The second-order valence-electron chi connectivity index (χ2n) is 6.02. The van der Waals surface area contributed by atoms with Crippen LogP contribution in [-0.4, -0.2) is 35.0 Å². The van der Waals surface area contributed by atoms with Gasteiger partial charge in [-0.2, -0.15) is 0 Å². The van der Waals surface area contributed by atoms with Gasteiger partial charge in [-0.1, -0.05) is 6.92 Å². The van der Waals surface area contributed by atoms with Crippen molar-refractivity contribution >= 4 is 17.8 Å². The standard InChI is InChI=1S/C14H24N2O4/c1-7(2)15-12(17)9(4)16-13(18)10-5-8(3)6-11(10)14(19)20/h7-11H,5-6H2,1-4H3,(H,15,17)(H,16,18)(H,19,20). The van der Waals surface area contributed by atoms with Crippen molar-refractivity contribution < 1.29 is 19.5 Å². The van der Waals surface area contributed by atoms with Gasteiger partial charge in [0.15, 0.2) is 0 Å². The third kappa shape index (κ3) is 4.21. The van der Waals surface area contributed by atoms with Crippen molar-refractivity contribution in [2.75, 3.05) is 0 Å². The molecule has 6 heteroatoms. The maximum absolute atomic E-state index is 12.2. The summed E-state index contributed by atoms with van der Waals surface area (Å²) in [5, 5.41) is 14.5. The molecule has 2 amide bonds. The zero-order valence-corrected chi connectivity index (χ0v) is 12.5. The topological polar surface area (TPSA) is 95.5 Å². The van der Waals surface area contributed by atoms with E-state index in [0.717, 1.165) is 0 Å². The van der Waals surface area contributed by atoms with E-state index in [2.05, 4.69) is 10.6 Å². The lowest BCUT2D eigenvalue weighted by Gasteiger charge is -2.20. The van der Waals surface area contributed by atoms with Gasteiger partial charge >= 0.3 is 5.97 Å². The summed E-state index contributed by atoms with van der Waals surface area (Å²) in [7, 11) is 0. The molecule has 4 atom stereocenters. The van der Waals surface area contributed by atoms with Gasteiger partial charge in [-0.15, -0.1) is 0 Å². The Kier molecular flexibility index (Phi) is 5.53. The third-order valence-electron chi connectivity index (χ3n) is 3.64. The van der Waals surface area contributed by atoms with E-state index in [9.17, 15) is 14.4 Å². The second kappa shape index (κ2) is 6.72. The molecule has 0 aromatic rings. The summed E-state index contributed by atoms with van der Waals surface area (Å²) in [6.45, 7) is 7.22. The number of hydrogen-bond donors (Lipinski definition) is 3. The highest BCUT2D eigenvalue weighted by Gasteiger charge is 2.41. The highest BCUT2D eigenvalue weighted by Crippen LogP contribution is 2.36. The lowest BCUT2D eigenvalue weighted by molar-refractivity contribution is -0.146. The van der Waals surface area contributed by atoms with Crippen molar-refractivity contribution in [3.8, 4) is 0 Å². The normalized spacial score (nSPS) is 27.1. The molecule has 0 aromatic heterocycles. The first-order valence-electron chi connectivity index (χ1n) is 7.06. The van der Waals surface area contributed by atoms with E-state index in [1.165, 1.54) is 0 Å². The Labute approximate surface area is 119 Å². The number of aliphatic carboxylic acids is 1. The quantitative estimate of drug-likeness (QED) is 0.694. The molecule has 1 aliphatic rings. The molecule has 0 bridgehead atoms. The first-order valence-corrected chi connectivity index (χ1v) is 7.06. The Bertz CT molecular complexity index is 395. The molecule has 0 spiro atoms. The van der Waals surface area contributed by atoms with Crippen LogP contribution in [0.5, 0.6) is 0 Å². The highest BCUT2D eigenvalue weighted by atomic mass is 16.4. The van der Waals surface area contributed by atoms with Gasteiger partial charge < -0.3 is 15.7 Å². The lowest BCUT2D eigenvalue weighted by atomic mass is 9.95. The summed E-state index contributed by atoms with van der Waals surface area (Å²) in [5.41, 5.74) is 0. The van der Waals surface area contributed by atoms with E-state index in [0.29, 0.717) is 12.8 Å². The van der Waals surface area contributed by atoms with Crippen LogP contribution in [0.15, 0.2) is 0 Å². The number of carbonyl (C=O) groups is 3. The van der Waals surface area contributed by atoms with E-state index in [1.54, 1.807) is 6.92 Å². The zero-order chi connectivity index (χ0) is 15.4. The molecule has 0 aliphatic heterocycles. The molecular weight excluding hydrogens is 260 g/mol. The van der Waals surface area contributed by atoms with Crippen molar-refractivity contribution in [2.45, 2.75) is 52.6 Å². The van der Waals surface area contributed by atoms with Crippen LogP contribution in [-0.2, 0) is 14.4 Å². The SMILES string of the molecule is CC1CC(C(=O)O)C(C(=O)NC(C)C(=O)NC(C)C)C1. The first-order chi connectivity index (χ1) is 9.22. The fourth-order valence-corrected chi connectivity index (χ4v) is 2.65. The largest absolute Gasteiger partial charge is 0.481 e. The molecule has 1 aliphatic carbocycles. The molecule has 114 valence electrons. The second-order valence-corrected chi connectivity index (χ2v) is 6.02. The first kappa shape index (κ1) is 16.5. The van der Waals surface area contributed by atoms with Crippen LogP contribution in [0.4, 0.5) is 0 Å². The maximum atomic E-state index is 12.2. The van der Waals surface area contributed by atoms with Gasteiger partial charge in [-0.05, 0) is 39.5 Å². The smallest absolute Gasteiger partial charge is 0.307 e. The van der Waals surface area contributed by atoms with Crippen molar-refractivity contribution in [2.24, 2.45) is 17.8 Å². The van der Waals surface area contributed by atoms with E-state index >= 15 is 0 Å². The van der Waals surface area contributed by atoms with Crippen LogP contribution >= 0.6 is 0 Å². The minimum atomic E-state index is -0.936. The summed E-state index contributed by atoms with van der Waals surface area (Å²) >= 11 is 0. The number of nitrogens with one attached hydrogen (secondary N) is 2. The van der Waals surface area contributed by atoms with E-state index < -0.39 is 23.8 Å². The Morgan fingerprint density at radius 2 is 1.60 bits per heavy atom. The van der Waals surface area contributed by atoms with E-state index in [1.807, 2.05) is 20.8 Å². The van der Waals surface area contributed by atoms with Gasteiger partial charge in [0, 0.05) is 6.04 Å². The molecule has 0 radical (unpaired) electrons. The van der Waals surface area contributed by atoms with Gasteiger partial charge in [0.25, 0.3) is 0 Å². The molecule has 1 fully saturated rings. The number of carbonyl (C=O) groups excluding carboxylic acids is 2. The van der Waals surface area contributed by atoms with E-state index in [-0.39, 0.29) is 23.8 Å². The van der Waals surface area contributed by atoms with E-state index in [4.69, 9.17) is 5.11 Å². The fourth-order valence-electron chi connectivity index (χ4n) is 2.65. The fraction of sp³-hybridized carbons (Fsp3) is 0.786. The predicted molar refractivity (Wildman–Crippen MR) is 73.9 cm³/mol. The van der Waals surface area contributed by atoms with Gasteiger partial charge in [0.05, 0.1) is 11.8 Å². The van der Waals surface area contributed by atoms with Crippen LogP contribution < -0.4 is 10.6 Å². The average molecular weight is 284 g/mol. The Hall–Kier alpha value is -1.59. The Morgan fingerprint density at radius 3 is 2.10 bits per heavy atom. The van der Waals surface area contributed by atoms with Crippen molar-refractivity contribution in [1.29, 1.82) is 0 Å². The molecule has 3 N–H and O–H groups in total. The molecule has 4 unspecified atom stereocenters. The number of carboxylic acids is 1. The number of amides is 2. The van der Waals surface area contributed by atoms with Gasteiger partial charge in [-0.25, -0.2) is 0 Å². The molecule has 0 saturated heterocycles. The van der Waals surface area contributed by atoms with Crippen LogP contribution in [0.2, 0.25) is 0 Å². The van der Waals surface area contributed by atoms with Crippen molar-refractivity contribution in [1.82, 2.24) is 10.6 Å². The van der Waals surface area contributed by atoms with Crippen LogP contribution in [0.25, 0.3) is 0 Å². The Morgan fingerprint density at radius 1 is 1.05 bits per heavy atom. The van der Waals surface area contributed by atoms with Gasteiger partial charge in [0.2, 0.25) is 11.8 Å². The van der Waals surface area contributed by atoms with Crippen LogP contribution in [0.1, 0.15) is 40.5 Å². The number of hydrogen-bond acceptors (Lipinski definition) is 3. The zero-order valence-electron chi connectivity index (χ0n) is 12.5. The summed E-state index contributed by atoms with van der Waals surface area (Å²) in [6.07, 6.45) is 1.07. The predicted octanol–water partition coefficient (Wildman–Crippen LogP) is 0.763.